The molecule has 4 rings (SSSR count). The molecule has 1 unspecified atom stereocenters. The van der Waals surface area contributed by atoms with E-state index >= 15 is 4.39 Å². The van der Waals surface area contributed by atoms with Gasteiger partial charge in [-0.2, -0.15) is 5.10 Å². The van der Waals surface area contributed by atoms with Crippen LogP contribution in [0.2, 0.25) is 0 Å². The second-order valence-electron chi connectivity index (χ2n) is 6.26. The molecule has 0 aliphatic carbocycles. The predicted octanol–water partition coefficient (Wildman–Crippen LogP) is 2.79. The number of alkyl halides is 1. The Morgan fingerprint density at radius 2 is 2.08 bits per heavy atom. The molecule has 1 fully saturated rings. The van der Waals surface area contributed by atoms with Crippen LogP contribution < -0.4 is 0 Å². The van der Waals surface area contributed by atoms with Crippen molar-refractivity contribution in [2.75, 3.05) is 13.1 Å². The summed E-state index contributed by atoms with van der Waals surface area (Å²) in [4.78, 5) is 14.1. The molecule has 0 N–H and O–H groups in total. The summed E-state index contributed by atoms with van der Waals surface area (Å²) in [5.41, 5.74) is -0.165. The molecule has 1 atom stereocenters. The van der Waals surface area contributed by atoms with Gasteiger partial charge in [0, 0.05) is 32.3 Å². The van der Waals surface area contributed by atoms with Gasteiger partial charge in [0.05, 0.1) is 6.54 Å². The number of carbonyl (C=O) groups excluding carboxylic acids is 1. The quantitative estimate of drug-likeness (QED) is 0.735. The van der Waals surface area contributed by atoms with Gasteiger partial charge in [-0.15, -0.1) is 0 Å². The number of aromatic nitrogens is 3. The lowest BCUT2D eigenvalue weighted by molar-refractivity contribution is 0.0740. The van der Waals surface area contributed by atoms with E-state index in [0.717, 1.165) is 0 Å². The maximum atomic E-state index is 15.2. The first-order valence-corrected chi connectivity index (χ1v) is 8.06. The van der Waals surface area contributed by atoms with Crippen LogP contribution in [0.25, 0.3) is 11.5 Å². The molecule has 128 valence electrons. The lowest BCUT2D eigenvalue weighted by Crippen LogP contribution is -2.32. The molecule has 1 aromatic carbocycles. The molecular weight excluding hydrogens is 323 g/mol. The van der Waals surface area contributed by atoms with Crippen molar-refractivity contribution in [3.8, 4) is 11.5 Å². The van der Waals surface area contributed by atoms with E-state index in [4.69, 9.17) is 4.52 Å². The molecule has 1 aliphatic heterocycles. The molecule has 1 amide bonds. The Morgan fingerprint density at radius 1 is 1.28 bits per heavy atom. The van der Waals surface area contributed by atoms with Crippen LogP contribution in [0.4, 0.5) is 4.39 Å². The van der Waals surface area contributed by atoms with E-state index in [9.17, 15) is 4.79 Å². The molecule has 3 aromatic rings. The number of hydrogen-bond acceptors (Lipinski definition) is 4. The van der Waals surface area contributed by atoms with Gasteiger partial charge in [0.2, 0.25) is 0 Å². The van der Waals surface area contributed by atoms with E-state index < -0.39 is 5.67 Å². The number of hydrogen-bond donors (Lipinski definition) is 0. The number of rotatable bonds is 3. The normalized spacial score (nSPS) is 20.2. The average molecular weight is 340 g/mol. The minimum absolute atomic E-state index is 0.0155. The summed E-state index contributed by atoms with van der Waals surface area (Å²) >= 11 is 0. The fraction of sp³-hybridized carbons (Fsp3) is 0.278. The van der Waals surface area contributed by atoms with Crippen molar-refractivity contribution in [3.63, 3.8) is 0 Å². The maximum Gasteiger partial charge on any atom is 0.276 e. The first kappa shape index (κ1) is 15.6. The number of halogens is 1. The van der Waals surface area contributed by atoms with Gasteiger partial charge in [-0.1, -0.05) is 35.5 Å². The summed E-state index contributed by atoms with van der Waals surface area (Å²) < 4.78 is 22.0. The third kappa shape index (κ3) is 2.82. The lowest BCUT2D eigenvalue weighted by Gasteiger charge is -2.20. The van der Waals surface area contributed by atoms with Crippen LogP contribution in [-0.4, -0.2) is 38.8 Å². The van der Waals surface area contributed by atoms with Crippen LogP contribution in [0.15, 0.2) is 53.2 Å². The minimum Gasteiger partial charge on any atom is -0.354 e. The fourth-order valence-corrected chi connectivity index (χ4v) is 3.12. The standard InChI is InChI=1S/C18H17FN4O2/c1-22-9-7-14(20-22)16-11-15(21-25-16)17(24)23-10-8-18(19,12-23)13-5-3-2-4-6-13/h2-7,9,11H,8,10,12H2,1H3. The molecule has 0 radical (unpaired) electrons. The summed E-state index contributed by atoms with van der Waals surface area (Å²) in [7, 11) is 1.79. The van der Waals surface area contributed by atoms with Gasteiger partial charge in [0.1, 0.15) is 5.69 Å². The Kier molecular flexibility index (Phi) is 3.63. The van der Waals surface area contributed by atoms with Gasteiger partial charge >= 0.3 is 0 Å². The highest BCUT2D eigenvalue weighted by Crippen LogP contribution is 2.36. The lowest BCUT2D eigenvalue weighted by atomic mass is 9.95. The molecule has 0 bridgehead atoms. The smallest absolute Gasteiger partial charge is 0.276 e. The van der Waals surface area contributed by atoms with Gasteiger partial charge in [-0.05, 0) is 11.6 Å². The van der Waals surface area contributed by atoms with Gasteiger partial charge in [0.25, 0.3) is 5.91 Å². The Hall–Kier alpha value is -2.96. The number of amides is 1. The summed E-state index contributed by atoms with van der Waals surface area (Å²) in [5, 5.41) is 8.04. The molecule has 0 spiro atoms. The average Bonchev–Trinajstić information content (AvgIpc) is 3.35. The van der Waals surface area contributed by atoms with Gasteiger partial charge < -0.3 is 9.42 Å². The Morgan fingerprint density at radius 3 is 2.80 bits per heavy atom. The molecule has 1 aliphatic rings. The topological polar surface area (TPSA) is 64.2 Å². The molecule has 2 aromatic heterocycles. The van der Waals surface area contributed by atoms with Crippen molar-refractivity contribution in [2.24, 2.45) is 7.05 Å². The van der Waals surface area contributed by atoms with Gasteiger partial charge in [-0.3, -0.25) is 9.48 Å². The summed E-state index contributed by atoms with van der Waals surface area (Å²) in [6.45, 7) is 0.359. The van der Waals surface area contributed by atoms with E-state index in [1.54, 1.807) is 54.3 Å². The number of nitrogens with zero attached hydrogens (tertiary/aromatic N) is 4. The Labute approximate surface area is 143 Å². The first-order valence-electron chi connectivity index (χ1n) is 8.06. The summed E-state index contributed by atoms with van der Waals surface area (Å²) in [5.74, 6) is 0.0825. The monoisotopic (exact) mass is 340 g/mol. The Balaban J connectivity index is 1.52. The van der Waals surface area contributed by atoms with E-state index in [2.05, 4.69) is 10.3 Å². The fourth-order valence-electron chi connectivity index (χ4n) is 3.12. The second-order valence-corrected chi connectivity index (χ2v) is 6.26. The molecular formula is C18H17FN4O2. The zero-order valence-electron chi connectivity index (χ0n) is 13.7. The maximum absolute atomic E-state index is 15.2. The van der Waals surface area contributed by atoms with Crippen LogP contribution in [-0.2, 0) is 12.7 Å². The number of aryl methyl sites for hydroxylation is 1. The summed E-state index contributed by atoms with van der Waals surface area (Å²) in [6.07, 6.45) is 2.05. The van der Waals surface area contributed by atoms with Crippen LogP contribution in [0.3, 0.4) is 0 Å². The van der Waals surface area contributed by atoms with Crippen molar-refractivity contribution >= 4 is 5.91 Å². The molecule has 25 heavy (non-hydrogen) atoms. The van der Waals surface area contributed by atoms with E-state index in [-0.39, 0.29) is 24.6 Å². The minimum atomic E-state index is -1.52. The zero-order valence-corrected chi connectivity index (χ0v) is 13.7. The van der Waals surface area contributed by atoms with E-state index in [1.165, 1.54) is 4.90 Å². The molecule has 0 saturated carbocycles. The highest BCUT2D eigenvalue weighted by molar-refractivity contribution is 5.93. The van der Waals surface area contributed by atoms with Crippen LogP contribution in [0, 0.1) is 0 Å². The zero-order chi connectivity index (χ0) is 17.4. The third-order valence-corrected chi connectivity index (χ3v) is 4.49. The second kappa shape index (κ2) is 5.84. The molecule has 6 nitrogen and oxygen atoms in total. The number of carbonyl (C=O) groups is 1. The van der Waals surface area contributed by atoms with Crippen molar-refractivity contribution < 1.29 is 13.7 Å². The van der Waals surface area contributed by atoms with Gasteiger partial charge in [0.15, 0.2) is 17.1 Å². The number of benzene rings is 1. The summed E-state index contributed by atoms with van der Waals surface area (Å²) in [6, 6.07) is 12.3. The highest BCUT2D eigenvalue weighted by atomic mass is 19.1. The predicted molar refractivity (Wildman–Crippen MR) is 88.5 cm³/mol. The molecule has 3 heterocycles. The van der Waals surface area contributed by atoms with Crippen molar-refractivity contribution in [1.82, 2.24) is 19.8 Å². The SMILES string of the molecule is Cn1ccc(-c2cc(C(=O)N3CCC(F)(c4ccccc4)C3)no2)n1. The van der Waals surface area contributed by atoms with Crippen molar-refractivity contribution in [2.45, 2.75) is 12.1 Å². The Bertz CT molecular complexity index is 905. The van der Waals surface area contributed by atoms with Crippen molar-refractivity contribution in [3.05, 3.63) is 59.9 Å². The largest absolute Gasteiger partial charge is 0.354 e. The molecule has 7 heteroatoms. The van der Waals surface area contributed by atoms with E-state index in [1.807, 2.05) is 6.07 Å². The number of likely N-dealkylation sites (tertiary alicyclic amines) is 1. The van der Waals surface area contributed by atoms with Gasteiger partial charge in [-0.25, -0.2) is 4.39 Å². The first-order chi connectivity index (χ1) is 12.0. The van der Waals surface area contributed by atoms with Crippen LogP contribution in [0.5, 0.6) is 0 Å². The van der Waals surface area contributed by atoms with E-state index in [0.29, 0.717) is 23.6 Å². The molecule has 1 saturated heterocycles. The third-order valence-electron chi connectivity index (χ3n) is 4.49. The van der Waals surface area contributed by atoms with Crippen LogP contribution in [0.1, 0.15) is 22.5 Å². The highest BCUT2D eigenvalue weighted by Gasteiger charge is 2.42. The van der Waals surface area contributed by atoms with Crippen LogP contribution >= 0.6 is 0 Å². The van der Waals surface area contributed by atoms with Crippen molar-refractivity contribution in [1.29, 1.82) is 0 Å².